The first-order valence-electron chi connectivity index (χ1n) is 7.76. The molecule has 0 aliphatic heterocycles. The number of nitrogens with zero attached hydrogens (tertiary/aromatic N) is 2. The summed E-state index contributed by atoms with van der Waals surface area (Å²) in [5.74, 6) is 0.898. The summed E-state index contributed by atoms with van der Waals surface area (Å²) < 4.78 is 5.30. The molecule has 0 bridgehead atoms. The van der Waals surface area contributed by atoms with Gasteiger partial charge in [-0.05, 0) is 31.2 Å². The van der Waals surface area contributed by atoms with Gasteiger partial charge in [-0.1, -0.05) is 29.8 Å². The molecule has 1 amide bonds. The summed E-state index contributed by atoms with van der Waals surface area (Å²) in [5.41, 5.74) is 2.87. The molecule has 1 heterocycles. The van der Waals surface area contributed by atoms with E-state index in [1.54, 1.807) is 13.2 Å². The van der Waals surface area contributed by atoms with Crippen molar-refractivity contribution < 1.29 is 9.53 Å². The van der Waals surface area contributed by atoms with Crippen molar-refractivity contribution >= 4 is 23.1 Å². The predicted octanol–water partition coefficient (Wildman–Crippen LogP) is 3.79. The van der Waals surface area contributed by atoms with E-state index in [4.69, 9.17) is 4.74 Å². The Hall–Kier alpha value is -3.41. The highest BCUT2D eigenvalue weighted by Gasteiger charge is 2.10. The number of anilines is 3. The van der Waals surface area contributed by atoms with Crippen LogP contribution in [0.5, 0.6) is 5.75 Å². The van der Waals surface area contributed by atoms with Crippen LogP contribution in [-0.4, -0.2) is 23.0 Å². The number of ether oxygens (including phenoxy) is 1. The zero-order chi connectivity index (χ0) is 17.6. The van der Waals surface area contributed by atoms with Crippen LogP contribution in [0.1, 0.15) is 16.1 Å². The van der Waals surface area contributed by atoms with Crippen molar-refractivity contribution in [3.05, 3.63) is 72.2 Å². The Balaban J connectivity index is 1.76. The third kappa shape index (κ3) is 4.11. The van der Waals surface area contributed by atoms with Gasteiger partial charge >= 0.3 is 0 Å². The maximum absolute atomic E-state index is 12.4. The minimum Gasteiger partial charge on any atom is -0.495 e. The van der Waals surface area contributed by atoms with Crippen LogP contribution in [0.2, 0.25) is 0 Å². The molecule has 3 rings (SSSR count). The summed E-state index contributed by atoms with van der Waals surface area (Å²) in [4.78, 5) is 20.6. The highest BCUT2D eigenvalue weighted by molar-refractivity contribution is 6.03. The Kier molecular flexibility index (Phi) is 4.89. The molecule has 1 aromatic heterocycles. The zero-order valence-electron chi connectivity index (χ0n) is 14.0. The van der Waals surface area contributed by atoms with Crippen molar-refractivity contribution in [3.8, 4) is 5.75 Å². The number of methoxy groups -OCH3 is 1. The Labute approximate surface area is 145 Å². The summed E-state index contributed by atoms with van der Waals surface area (Å²) in [6.07, 6.45) is 1.35. The van der Waals surface area contributed by atoms with Crippen LogP contribution < -0.4 is 15.4 Å². The smallest absolute Gasteiger partial charge is 0.274 e. The fraction of sp³-hybridized carbons (Fsp3) is 0.105. The number of rotatable bonds is 5. The zero-order valence-corrected chi connectivity index (χ0v) is 14.0. The van der Waals surface area contributed by atoms with Crippen LogP contribution in [0.3, 0.4) is 0 Å². The normalized spacial score (nSPS) is 10.2. The molecule has 0 aliphatic carbocycles. The minimum atomic E-state index is -0.297. The predicted molar refractivity (Wildman–Crippen MR) is 97.4 cm³/mol. The van der Waals surface area contributed by atoms with E-state index in [0.29, 0.717) is 17.3 Å². The molecule has 6 heteroatoms. The number of nitrogens with one attached hydrogen (secondary N) is 2. The first kappa shape index (κ1) is 16.4. The van der Waals surface area contributed by atoms with E-state index < -0.39 is 0 Å². The number of para-hydroxylation sites is 2. The Morgan fingerprint density at radius 3 is 2.56 bits per heavy atom. The standard InChI is InChI=1S/C19H18N4O2/c1-13-7-9-14(10-8-13)22-19(24)16-11-18(21-12-20-16)23-15-5-3-4-6-17(15)25-2/h3-12H,1-2H3,(H,22,24)(H,20,21,23). The number of hydrogen-bond acceptors (Lipinski definition) is 5. The lowest BCUT2D eigenvalue weighted by Crippen LogP contribution is -2.14. The van der Waals surface area contributed by atoms with Gasteiger partial charge in [0.25, 0.3) is 5.91 Å². The lowest BCUT2D eigenvalue weighted by molar-refractivity contribution is 0.102. The Morgan fingerprint density at radius 1 is 1.04 bits per heavy atom. The van der Waals surface area contributed by atoms with Gasteiger partial charge in [0.2, 0.25) is 0 Å². The van der Waals surface area contributed by atoms with E-state index in [9.17, 15) is 4.79 Å². The van der Waals surface area contributed by atoms with Crippen LogP contribution in [-0.2, 0) is 0 Å². The maximum atomic E-state index is 12.4. The fourth-order valence-corrected chi connectivity index (χ4v) is 2.27. The first-order chi connectivity index (χ1) is 12.2. The van der Waals surface area contributed by atoms with E-state index >= 15 is 0 Å². The molecule has 2 aromatic carbocycles. The lowest BCUT2D eigenvalue weighted by atomic mass is 10.2. The van der Waals surface area contributed by atoms with Gasteiger partial charge in [0.1, 0.15) is 23.6 Å². The van der Waals surface area contributed by atoms with Crippen molar-refractivity contribution in [3.63, 3.8) is 0 Å². The first-order valence-corrected chi connectivity index (χ1v) is 7.76. The van der Waals surface area contributed by atoms with Gasteiger partial charge in [-0.15, -0.1) is 0 Å². The fourth-order valence-electron chi connectivity index (χ4n) is 2.27. The molecule has 0 atom stereocenters. The molecule has 0 radical (unpaired) electrons. The van der Waals surface area contributed by atoms with Crippen molar-refractivity contribution in [1.29, 1.82) is 0 Å². The highest BCUT2D eigenvalue weighted by Crippen LogP contribution is 2.26. The van der Waals surface area contributed by atoms with Crippen LogP contribution in [0.25, 0.3) is 0 Å². The molecule has 0 fully saturated rings. The minimum absolute atomic E-state index is 0.271. The lowest BCUT2D eigenvalue weighted by Gasteiger charge is -2.11. The maximum Gasteiger partial charge on any atom is 0.274 e. The molecule has 3 aromatic rings. The topological polar surface area (TPSA) is 76.1 Å². The quantitative estimate of drug-likeness (QED) is 0.742. The third-order valence-electron chi connectivity index (χ3n) is 3.58. The Morgan fingerprint density at radius 2 is 1.80 bits per heavy atom. The second kappa shape index (κ2) is 7.44. The van der Waals surface area contributed by atoms with Crippen molar-refractivity contribution in [2.45, 2.75) is 6.92 Å². The second-order valence-electron chi connectivity index (χ2n) is 5.43. The Bertz CT molecular complexity index is 879. The van der Waals surface area contributed by atoms with Gasteiger partial charge in [-0.2, -0.15) is 0 Å². The van der Waals surface area contributed by atoms with Crippen LogP contribution in [0.4, 0.5) is 17.2 Å². The van der Waals surface area contributed by atoms with Crippen LogP contribution in [0, 0.1) is 6.92 Å². The number of carbonyl (C=O) groups is 1. The second-order valence-corrected chi connectivity index (χ2v) is 5.43. The molecule has 25 heavy (non-hydrogen) atoms. The molecule has 2 N–H and O–H groups in total. The summed E-state index contributed by atoms with van der Waals surface area (Å²) >= 11 is 0. The monoisotopic (exact) mass is 334 g/mol. The molecular weight excluding hydrogens is 316 g/mol. The van der Waals surface area contributed by atoms with Crippen LogP contribution in [0.15, 0.2) is 60.9 Å². The molecule has 6 nitrogen and oxygen atoms in total. The largest absolute Gasteiger partial charge is 0.495 e. The molecule has 126 valence electrons. The molecule has 0 saturated heterocycles. The number of aryl methyl sites for hydroxylation is 1. The van der Waals surface area contributed by atoms with E-state index in [-0.39, 0.29) is 11.6 Å². The highest BCUT2D eigenvalue weighted by atomic mass is 16.5. The van der Waals surface area contributed by atoms with Gasteiger partial charge in [-0.25, -0.2) is 9.97 Å². The number of hydrogen-bond donors (Lipinski definition) is 2. The molecule has 0 spiro atoms. The SMILES string of the molecule is COc1ccccc1Nc1cc(C(=O)Nc2ccc(C)cc2)ncn1. The van der Waals surface area contributed by atoms with Crippen LogP contribution >= 0.6 is 0 Å². The molecule has 0 aliphatic rings. The number of aromatic nitrogens is 2. The van der Waals surface area contributed by atoms with Crippen molar-refractivity contribution in [2.75, 3.05) is 17.7 Å². The van der Waals surface area contributed by atoms with Gasteiger partial charge < -0.3 is 15.4 Å². The third-order valence-corrected chi connectivity index (χ3v) is 3.58. The number of benzene rings is 2. The molecule has 0 saturated carbocycles. The van der Waals surface area contributed by atoms with Crippen molar-refractivity contribution in [1.82, 2.24) is 9.97 Å². The van der Waals surface area contributed by atoms with E-state index in [1.807, 2.05) is 55.5 Å². The van der Waals surface area contributed by atoms with E-state index in [0.717, 1.165) is 11.3 Å². The summed E-state index contributed by atoms with van der Waals surface area (Å²) in [7, 11) is 1.60. The summed E-state index contributed by atoms with van der Waals surface area (Å²) in [5, 5.41) is 5.95. The summed E-state index contributed by atoms with van der Waals surface area (Å²) in [6, 6.07) is 16.6. The van der Waals surface area contributed by atoms with Gasteiger partial charge in [0.05, 0.1) is 12.8 Å². The average Bonchev–Trinajstić information content (AvgIpc) is 2.64. The van der Waals surface area contributed by atoms with Gasteiger partial charge in [0, 0.05) is 11.8 Å². The number of amides is 1. The molecular formula is C19H18N4O2. The average molecular weight is 334 g/mol. The van der Waals surface area contributed by atoms with Gasteiger partial charge in [0.15, 0.2) is 0 Å². The van der Waals surface area contributed by atoms with Gasteiger partial charge in [-0.3, -0.25) is 4.79 Å². The van der Waals surface area contributed by atoms with Crippen molar-refractivity contribution in [2.24, 2.45) is 0 Å². The summed E-state index contributed by atoms with van der Waals surface area (Å²) in [6.45, 7) is 1.99. The van der Waals surface area contributed by atoms with E-state index in [1.165, 1.54) is 6.33 Å². The molecule has 0 unspecified atom stereocenters. The van der Waals surface area contributed by atoms with E-state index in [2.05, 4.69) is 20.6 Å². The number of carbonyl (C=O) groups excluding carboxylic acids is 1.